The summed E-state index contributed by atoms with van der Waals surface area (Å²) >= 11 is 0. The zero-order chi connectivity index (χ0) is 15.5. The van der Waals surface area contributed by atoms with E-state index in [9.17, 15) is 0 Å². The Morgan fingerprint density at radius 3 is 2.57 bits per heavy atom. The molecule has 120 valence electrons. The first-order valence-electron chi connectivity index (χ1n) is 7.82. The number of aliphatic hydroxyl groups is 1. The summed E-state index contributed by atoms with van der Waals surface area (Å²) in [6.07, 6.45) is 4.00. The second-order valence-electron chi connectivity index (χ2n) is 5.47. The molecule has 4 nitrogen and oxygen atoms in total. The SMILES string of the molecule is COc1cccc(CNC(C)C)c1OCCCCCCO. The Morgan fingerprint density at radius 2 is 1.90 bits per heavy atom. The van der Waals surface area contributed by atoms with E-state index >= 15 is 0 Å². The maximum Gasteiger partial charge on any atom is 0.165 e. The van der Waals surface area contributed by atoms with Gasteiger partial charge in [0.25, 0.3) is 0 Å². The van der Waals surface area contributed by atoms with Crippen LogP contribution in [0.15, 0.2) is 18.2 Å². The molecule has 0 heterocycles. The zero-order valence-corrected chi connectivity index (χ0v) is 13.5. The van der Waals surface area contributed by atoms with E-state index in [1.54, 1.807) is 7.11 Å². The molecule has 0 fully saturated rings. The van der Waals surface area contributed by atoms with Gasteiger partial charge in [0.2, 0.25) is 0 Å². The first-order chi connectivity index (χ1) is 10.2. The molecule has 0 aliphatic rings. The van der Waals surface area contributed by atoms with Crippen molar-refractivity contribution in [2.45, 2.75) is 52.1 Å². The highest BCUT2D eigenvalue weighted by molar-refractivity contribution is 5.46. The molecule has 0 bridgehead atoms. The van der Waals surface area contributed by atoms with Gasteiger partial charge in [0.15, 0.2) is 11.5 Å². The molecular weight excluding hydrogens is 266 g/mol. The van der Waals surface area contributed by atoms with E-state index in [0.717, 1.165) is 49.3 Å². The second-order valence-corrected chi connectivity index (χ2v) is 5.47. The minimum absolute atomic E-state index is 0.276. The van der Waals surface area contributed by atoms with Crippen molar-refractivity contribution in [2.24, 2.45) is 0 Å². The summed E-state index contributed by atoms with van der Waals surface area (Å²) < 4.78 is 11.3. The molecule has 0 saturated heterocycles. The number of unbranched alkanes of at least 4 members (excludes halogenated alkanes) is 3. The summed E-state index contributed by atoms with van der Waals surface area (Å²) in [4.78, 5) is 0. The number of aliphatic hydroxyl groups excluding tert-OH is 1. The van der Waals surface area contributed by atoms with E-state index in [-0.39, 0.29) is 6.61 Å². The fourth-order valence-electron chi connectivity index (χ4n) is 2.08. The van der Waals surface area contributed by atoms with Crippen LogP contribution < -0.4 is 14.8 Å². The van der Waals surface area contributed by atoms with Crippen LogP contribution >= 0.6 is 0 Å². The van der Waals surface area contributed by atoms with Crippen LogP contribution in [0.4, 0.5) is 0 Å². The van der Waals surface area contributed by atoms with Crippen LogP contribution in [0.3, 0.4) is 0 Å². The minimum Gasteiger partial charge on any atom is -0.493 e. The molecule has 21 heavy (non-hydrogen) atoms. The lowest BCUT2D eigenvalue weighted by Gasteiger charge is -2.16. The predicted octanol–water partition coefficient (Wildman–Crippen LogP) is 3.12. The average Bonchev–Trinajstić information content (AvgIpc) is 2.49. The van der Waals surface area contributed by atoms with Crippen LogP contribution in [-0.4, -0.2) is 31.5 Å². The van der Waals surface area contributed by atoms with Crippen molar-refractivity contribution in [1.29, 1.82) is 0 Å². The number of ether oxygens (including phenoxy) is 2. The Hall–Kier alpha value is -1.26. The highest BCUT2D eigenvalue weighted by atomic mass is 16.5. The molecule has 0 aliphatic heterocycles. The van der Waals surface area contributed by atoms with Crippen molar-refractivity contribution in [2.75, 3.05) is 20.3 Å². The third-order valence-corrected chi connectivity index (χ3v) is 3.28. The molecule has 4 heteroatoms. The molecule has 0 atom stereocenters. The lowest BCUT2D eigenvalue weighted by molar-refractivity contribution is 0.266. The number of methoxy groups -OCH3 is 1. The predicted molar refractivity (Wildman–Crippen MR) is 86.0 cm³/mol. The highest BCUT2D eigenvalue weighted by Gasteiger charge is 2.10. The largest absolute Gasteiger partial charge is 0.493 e. The van der Waals surface area contributed by atoms with Crippen LogP contribution in [0.2, 0.25) is 0 Å². The van der Waals surface area contributed by atoms with E-state index in [1.165, 1.54) is 0 Å². The van der Waals surface area contributed by atoms with Gasteiger partial charge in [0, 0.05) is 24.8 Å². The first kappa shape index (κ1) is 17.8. The molecule has 0 spiro atoms. The van der Waals surface area contributed by atoms with Crippen molar-refractivity contribution in [3.05, 3.63) is 23.8 Å². The van der Waals surface area contributed by atoms with E-state index in [2.05, 4.69) is 25.2 Å². The van der Waals surface area contributed by atoms with Crippen molar-refractivity contribution in [1.82, 2.24) is 5.32 Å². The fraction of sp³-hybridized carbons (Fsp3) is 0.647. The van der Waals surface area contributed by atoms with Gasteiger partial charge in [-0.1, -0.05) is 32.4 Å². The van der Waals surface area contributed by atoms with Crippen molar-refractivity contribution >= 4 is 0 Å². The third kappa shape index (κ3) is 6.82. The van der Waals surface area contributed by atoms with E-state index < -0.39 is 0 Å². The number of rotatable bonds is 11. The van der Waals surface area contributed by atoms with Crippen LogP contribution in [-0.2, 0) is 6.54 Å². The summed E-state index contributed by atoms with van der Waals surface area (Å²) in [7, 11) is 1.67. The van der Waals surface area contributed by atoms with Gasteiger partial charge in [0.05, 0.1) is 13.7 Å². The number of para-hydroxylation sites is 1. The van der Waals surface area contributed by atoms with Crippen LogP contribution in [0.1, 0.15) is 45.1 Å². The summed E-state index contributed by atoms with van der Waals surface area (Å²) in [5.74, 6) is 1.63. The molecule has 1 aromatic carbocycles. The average molecular weight is 295 g/mol. The standard InChI is InChI=1S/C17H29NO3/c1-14(2)18-13-15-9-8-10-16(20-3)17(15)21-12-7-5-4-6-11-19/h8-10,14,18-19H,4-7,11-13H2,1-3H3. The van der Waals surface area contributed by atoms with Gasteiger partial charge in [-0.2, -0.15) is 0 Å². The van der Waals surface area contributed by atoms with Crippen molar-refractivity contribution in [3.63, 3.8) is 0 Å². The van der Waals surface area contributed by atoms with Gasteiger partial charge in [-0.15, -0.1) is 0 Å². The number of hydrogen-bond donors (Lipinski definition) is 2. The third-order valence-electron chi connectivity index (χ3n) is 3.28. The number of benzene rings is 1. The number of hydrogen-bond acceptors (Lipinski definition) is 4. The van der Waals surface area contributed by atoms with Gasteiger partial charge in [-0.25, -0.2) is 0 Å². The fourth-order valence-corrected chi connectivity index (χ4v) is 2.08. The minimum atomic E-state index is 0.276. The number of nitrogens with one attached hydrogen (secondary N) is 1. The van der Waals surface area contributed by atoms with E-state index in [4.69, 9.17) is 14.6 Å². The molecule has 0 saturated carbocycles. The molecule has 0 aromatic heterocycles. The van der Waals surface area contributed by atoms with Crippen molar-refractivity contribution in [3.8, 4) is 11.5 Å². The quantitative estimate of drug-likeness (QED) is 0.616. The molecule has 1 aromatic rings. The second kappa shape index (κ2) is 10.5. The van der Waals surface area contributed by atoms with Gasteiger partial charge in [-0.3, -0.25) is 0 Å². The lowest BCUT2D eigenvalue weighted by Crippen LogP contribution is -2.22. The van der Waals surface area contributed by atoms with Gasteiger partial charge in [-0.05, 0) is 25.3 Å². The zero-order valence-electron chi connectivity index (χ0n) is 13.5. The van der Waals surface area contributed by atoms with E-state index in [0.29, 0.717) is 12.6 Å². The molecule has 1 rings (SSSR count). The molecular formula is C17H29NO3. The van der Waals surface area contributed by atoms with Crippen molar-refractivity contribution < 1.29 is 14.6 Å². The molecule has 0 aliphatic carbocycles. The van der Waals surface area contributed by atoms with Gasteiger partial charge >= 0.3 is 0 Å². The Labute approximate surface area is 128 Å². The van der Waals surface area contributed by atoms with E-state index in [1.807, 2.05) is 12.1 Å². The summed E-state index contributed by atoms with van der Waals surface area (Å²) in [6, 6.07) is 6.42. The maximum atomic E-state index is 8.75. The molecule has 2 N–H and O–H groups in total. The molecule has 0 radical (unpaired) electrons. The Kier molecular flexibility index (Phi) is 8.87. The Balaban J connectivity index is 2.55. The topological polar surface area (TPSA) is 50.7 Å². The molecule has 0 unspecified atom stereocenters. The summed E-state index contributed by atoms with van der Waals surface area (Å²) in [6.45, 7) is 5.98. The molecule has 0 amide bonds. The van der Waals surface area contributed by atoms with Gasteiger partial charge < -0.3 is 19.9 Å². The normalized spacial score (nSPS) is 10.9. The first-order valence-corrected chi connectivity index (χ1v) is 7.82. The maximum absolute atomic E-state index is 8.75. The Bertz CT molecular complexity index is 394. The summed E-state index contributed by atoms with van der Waals surface area (Å²) in [5.41, 5.74) is 1.12. The van der Waals surface area contributed by atoms with Gasteiger partial charge in [0.1, 0.15) is 0 Å². The van der Waals surface area contributed by atoms with Crippen LogP contribution in [0.25, 0.3) is 0 Å². The summed E-state index contributed by atoms with van der Waals surface area (Å²) in [5, 5.41) is 12.2. The smallest absolute Gasteiger partial charge is 0.165 e. The Morgan fingerprint density at radius 1 is 1.14 bits per heavy atom. The van der Waals surface area contributed by atoms with Crippen LogP contribution in [0, 0.1) is 0 Å². The lowest BCUT2D eigenvalue weighted by atomic mass is 10.1. The highest BCUT2D eigenvalue weighted by Crippen LogP contribution is 2.31. The monoisotopic (exact) mass is 295 g/mol. The van der Waals surface area contributed by atoms with Crippen LogP contribution in [0.5, 0.6) is 11.5 Å².